The zero-order valence-corrected chi connectivity index (χ0v) is 12.2. The van der Waals surface area contributed by atoms with Gasteiger partial charge in [-0.05, 0) is 18.2 Å². The Balaban J connectivity index is 2.23. The number of nitrogens with zero attached hydrogens (tertiary/aromatic N) is 1. The standard InChI is InChI=1S/C14H6Cl2N2OS/c15-11-4-8(14(16)20-11)13(19)9-6-18-10-3-1-2-7(5-17)12(9)10/h1-4,6,18H. The number of thiophene rings is 1. The molecule has 0 saturated carbocycles. The van der Waals surface area contributed by atoms with Crippen LogP contribution in [-0.4, -0.2) is 10.8 Å². The van der Waals surface area contributed by atoms with Crippen LogP contribution in [0.25, 0.3) is 10.9 Å². The summed E-state index contributed by atoms with van der Waals surface area (Å²) in [7, 11) is 0. The molecule has 3 rings (SSSR count). The fourth-order valence-electron chi connectivity index (χ4n) is 2.10. The van der Waals surface area contributed by atoms with E-state index in [1.807, 2.05) is 6.07 Å². The van der Waals surface area contributed by atoms with Crippen molar-refractivity contribution in [2.75, 3.05) is 0 Å². The van der Waals surface area contributed by atoms with E-state index in [4.69, 9.17) is 28.5 Å². The molecule has 0 amide bonds. The van der Waals surface area contributed by atoms with E-state index in [1.165, 1.54) is 0 Å². The number of nitriles is 1. The van der Waals surface area contributed by atoms with Crippen molar-refractivity contribution >= 4 is 51.2 Å². The predicted molar refractivity (Wildman–Crippen MR) is 80.8 cm³/mol. The van der Waals surface area contributed by atoms with Crippen LogP contribution in [0, 0.1) is 11.3 Å². The van der Waals surface area contributed by atoms with Crippen molar-refractivity contribution in [3.63, 3.8) is 0 Å². The average molecular weight is 321 g/mol. The van der Waals surface area contributed by atoms with E-state index >= 15 is 0 Å². The molecule has 0 atom stereocenters. The number of carbonyl (C=O) groups excluding carboxylic acids is 1. The Labute approximate surface area is 128 Å². The molecule has 20 heavy (non-hydrogen) atoms. The van der Waals surface area contributed by atoms with Crippen LogP contribution < -0.4 is 0 Å². The summed E-state index contributed by atoms with van der Waals surface area (Å²) >= 11 is 13.0. The van der Waals surface area contributed by atoms with E-state index in [-0.39, 0.29) is 5.78 Å². The number of aromatic amines is 1. The van der Waals surface area contributed by atoms with E-state index in [1.54, 1.807) is 24.4 Å². The minimum absolute atomic E-state index is 0.243. The first kappa shape index (κ1) is 13.2. The molecule has 0 bridgehead atoms. The largest absolute Gasteiger partial charge is 0.360 e. The van der Waals surface area contributed by atoms with Gasteiger partial charge in [0.15, 0.2) is 5.78 Å². The van der Waals surface area contributed by atoms with Crippen molar-refractivity contribution in [2.45, 2.75) is 0 Å². The molecule has 1 N–H and O–H groups in total. The van der Waals surface area contributed by atoms with Gasteiger partial charge in [0.25, 0.3) is 0 Å². The van der Waals surface area contributed by atoms with Gasteiger partial charge >= 0.3 is 0 Å². The van der Waals surface area contributed by atoms with Gasteiger partial charge in [0, 0.05) is 22.7 Å². The number of hydrogen-bond donors (Lipinski definition) is 1. The van der Waals surface area contributed by atoms with Crippen molar-refractivity contribution in [1.29, 1.82) is 5.26 Å². The van der Waals surface area contributed by atoms with Gasteiger partial charge in [-0.15, -0.1) is 11.3 Å². The number of rotatable bonds is 2. The normalized spacial score (nSPS) is 10.7. The van der Waals surface area contributed by atoms with Crippen LogP contribution in [0.15, 0.2) is 30.5 Å². The van der Waals surface area contributed by atoms with Crippen molar-refractivity contribution in [1.82, 2.24) is 4.98 Å². The lowest BCUT2D eigenvalue weighted by molar-refractivity contribution is 0.104. The second kappa shape index (κ2) is 4.95. The number of nitrogens with one attached hydrogen (secondary N) is 1. The van der Waals surface area contributed by atoms with Crippen molar-refractivity contribution in [3.05, 3.63) is 55.8 Å². The molecule has 0 saturated heterocycles. The van der Waals surface area contributed by atoms with E-state index in [9.17, 15) is 4.79 Å². The van der Waals surface area contributed by atoms with Crippen LogP contribution in [0.2, 0.25) is 8.67 Å². The monoisotopic (exact) mass is 320 g/mol. The Morgan fingerprint density at radius 1 is 1.30 bits per heavy atom. The van der Waals surface area contributed by atoms with Crippen LogP contribution in [0.1, 0.15) is 21.5 Å². The Hall–Kier alpha value is -1.80. The number of carbonyl (C=O) groups is 1. The van der Waals surface area contributed by atoms with Gasteiger partial charge in [-0.1, -0.05) is 29.3 Å². The van der Waals surface area contributed by atoms with Crippen molar-refractivity contribution in [2.24, 2.45) is 0 Å². The summed E-state index contributed by atoms with van der Waals surface area (Å²) in [6.45, 7) is 0. The lowest BCUT2D eigenvalue weighted by Crippen LogP contribution is -1.99. The lowest BCUT2D eigenvalue weighted by atomic mass is 10.0. The first-order valence-electron chi connectivity index (χ1n) is 5.61. The zero-order valence-electron chi connectivity index (χ0n) is 9.91. The summed E-state index contributed by atoms with van der Waals surface area (Å²) in [5.74, 6) is -0.243. The molecule has 0 spiro atoms. The SMILES string of the molecule is N#Cc1cccc2[nH]cc(C(=O)c3cc(Cl)sc3Cl)c12. The third-order valence-corrected chi connectivity index (χ3v) is 4.46. The maximum atomic E-state index is 12.6. The zero-order chi connectivity index (χ0) is 14.3. The van der Waals surface area contributed by atoms with Gasteiger partial charge < -0.3 is 4.98 Å². The predicted octanol–water partition coefficient (Wildman–Crippen LogP) is 4.64. The number of benzene rings is 1. The highest BCUT2D eigenvalue weighted by molar-refractivity contribution is 7.20. The number of fused-ring (bicyclic) bond motifs is 1. The van der Waals surface area contributed by atoms with E-state index < -0.39 is 0 Å². The maximum Gasteiger partial charge on any atom is 0.197 e. The average Bonchev–Trinajstić information content (AvgIpc) is 3.01. The number of ketones is 1. The Bertz CT molecular complexity index is 873. The molecular weight excluding hydrogens is 315 g/mol. The van der Waals surface area contributed by atoms with Crippen LogP contribution in [-0.2, 0) is 0 Å². The smallest absolute Gasteiger partial charge is 0.197 e. The molecule has 0 fully saturated rings. The molecular formula is C14H6Cl2N2OS. The number of H-pyrrole nitrogens is 1. The molecule has 0 aliphatic carbocycles. The molecule has 98 valence electrons. The molecule has 1 aromatic carbocycles. The van der Waals surface area contributed by atoms with Gasteiger partial charge in [-0.3, -0.25) is 4.79 Å². The van der Waals surface area contributed by atoms with Gasteiger partial charge in [0.05, 0.1) is 21.5 Å². The highest BCUT2D eigenvalue weighted by Crippen LogP contribution is 2.34. The number of hydrogen-bond acceptors (Lipinski definition) is 3. The summed E-state index contributed by atoms with van der Waals surface area (Å²) in [6.07, 6.45) is 1.59. The summed E-state index contributed by atoms with van der Waals surface area (Å²) in [5.41, 5.74) is 1.97. The van der Waals surface area contributed by atoms with Gasteiger partial charge in [0.1, 0.15) is 4.34 Å². The van der Waals surface area contributed by atoms with Crippen LogP contribution in [0.5, 0.6) is 0 Å². The fraction of sp³-hybridized carbons (Fsp3) is 0. The molecule has 0 aliphatic heterocycles. The molecule has 6 heteroatoms. The minimum atomic E-state index is -0.243. The third kappa shape index (κ3) is 2.01. The quantitative estimate of drug-likeness (QED) is 0.699. The molecule has 0 radical (unpaired) electrons. The van der Waals surface area contributed by atoms with E-state index in [0.29, 0.717) is 30.7 Å². The van der Waals surface area contributed by atoms with Crippen molar-refractivity contribution in [3.8, 4) is 6.07 Å². The second-order valence-electron chi connectivity index (χ2n) is 4.11. The van der Waals surface area contributed by atoms with Crippen molar-refractivity contribution < 1.29 is 4.79 Å². The van der Waals surface area contributed by atoms with Crippen LogP contribution >= 0.6 is 34.5 Å². The molecule has 0 aliphatic rings. The Morgan fingerprint density at radius 3 is 2.75 bits per heavy atom. The van der Waals surface area contributed by atoms with Gasteiger partial charge in [-0.25, -0.2) is 0 Å². The topological polar surface area (TPSA) is 56.6 Å². The molecule has 0 unspecified atom stereocenters. The minimum Gasteiger partial charge on any atom is -0.360 e. The van der Waals surface area contributed by atoms with Crippen LogP contribution in [0.4, 0.5) is 0 Å². The Kier molecular flexibility index (Phi) is 3.27. The highest BCUT2D eigenvalue weighted by atomic mass is 35.5. The number of aromatic nitrogens is 1. The third-order valence-electron chi connectivity index (χ3n) is 2.97. The molecule has 3 aromatic rings. The van der Waals surface area contributed by atoms with Gasteiger partial charge in [0.2, 0.25) is 0 Å². The lowest BCUT2D eigenvalue weighted by Gasteiger charge is -1.99. The van der Waals surface area contributed by atoms with Gasteiger partial charge in [-0.2, -0.15) is 5.26 Å². The van der Waals surface area contributed by atoms with Crippen LogP contribution in [0.3, 0.4) is 0 Å². The number of halogens is 2. The summed E-state index contributed by atoms with van der Waals surface area (Å²) in [4.78, 5) is 15.6. The first-order chi connectivity index (χ1) is 9.61. The highest BCUT2D eigenvalue weighted by Gasteiger charge is 2.20. The molecule has 2 aromatic heterocycles. The first-order valence-corrected chi connectivity index (χ1v) is 7.19. The maximum absolute atomic E-state index is 12.6. The molecule has 2 heterocycles. The van der Waals surface area contributed by atoms with E-state index in [0.717, 1.165) is 16.9 Å². The molecule has 3 nitrogen and oxygen atoms in total. The Morgan fingerprint density at radius 2 is 2.10 bits per heavy atom. The fourth-order valence-corrected chi connectivity index (χ4v) is 3.56. The second-order valence-corrected chi connectivity index (χ2v) is 6.39. The summed E-state index contributed by atoms with van der Waals surface area (Å²) in [6, 6.07) is 8.89. The van der Waals surface area contributed by atoms with E-state index in [2.05, 4.69) is 11.1 Å². The summed E-state index contributed by atoms with van der Waals surface area (Å²) in [5, 5.41) is 9.78. The summed E-state index contributed by atoms with van der Waals surface area (Å²) < 4.78 is 0.808.